The Balaban J connectivity index is 2.21. The summed E-state index contributed by atoms with van der Waals surface area (Å²) in [6.07, 6.45) is 0. The average molecular weight is 316 g/mol. The fourth-order valence-electron chi connectivity index (χ4n) is 2.01. The molecule has 1 N–H and O–H groups in total. The van der Waals surface area contributed by atoms with Gasteiger partial charge < -0.3 is 9.84 Å². The van der Waals surface area contributed by atoms with Crippen LogP contribution in [0.15, 0.2) is 54.6 Å². The normalized spacial score (nSPS) is 11.7. The number of carbonyl (C=O) groups excluding carboxylic acids is 1. The molecule has 5 heteroatoms. The summed E-state index contributed by atoms with van der Waals surface area (Å²) in [6, 6.07) is 16.9. The number of hydrogen-bond acceptors (Lipinski definition) is 4. The van der Waals surface area contributed by atoms with Crippen molar-refractivity contribution in [1.29, 1.82) is 0 Å². The summed E-state index contributed by atoms with van der Waals surface area (Å²) >= 11 is 1.26. The lowest BCUT2D eigenvalue weighted by atomic mass is 10.0. The predicted octanol–water partition coefficient (Wildman–Crippen LogP) is 3.52. The molecule has 0 saturated carbocycles. The Morgan fingerprint density at radius 2 is 1.64 bits per heavy atom. The topological polar surface area (TPSA) is 63.6 Å². The minimum absolute atomic E-state index is 0.0417. The molecule has 0 amide bonds. The Bertz CT molecular complexity index is 637. The van der Waals surface area contributed by atoms with Crippen molar-refractivity contribution >= 4 is 22.8 Å². The highest BCUT2D eigenvalue weighted by molar-refractivity contribution is 8.13. The molecule has 114 valence electrons. The molecule has 4 nitrogen and oxygen atoms in total. The van der Waals surface area contributed by atoms with Crippen molar-refractivity contribution < 1.29 is 19.4 Å². The van der Waals surface area contributed by atoms with Crippen LogP contribution in [0.2, 0.25) is 0 Å². The van der Waals surface area contributed by atoms with Gasteiger partial charge in [-0.1, -0.05) is 54.2 Å². The van der Waals surface area contributed by atoms with Crippen LogP contribution < -0.4 is 4.74 Å². The summed E-state index contributed by atoms with van der Waals surface area (Å²) in [4.78, 5) is 22.0. The van der Waals surface area contributed by atoms with Crippen molar-refractivity contribution in [3.05, 3.63) is 65.7 Å². The van der Waals surface area contributed by atoms with Crippen molar-refractivity contribution in [3.8, 4) is 5.75 Å². The van der Waals surface area contributed by atoms with Crippen LogP contribution in [-0.4, -0.2) is 22.8 Å². The molecule has 1 unspecified atom stereocenters. The molecule has 1 atom stereocenters. The number of hydrogen-bond donors (Lipinski definition) is 1. The van der Waals surface area contributed by atoms with Gasteiger partial charge >= 0.3 is 5.97 Å². The summed E-state index contributed by atoms with van der Waals surface area (Å²) in [5.41, 5.74) is 2.01. The number of rotatable bonds is 6. The van der Waals surface area contributed by atoms with E-state index in [2.05, 4.69) is 0 Å². The van der Waals surface area contributed by atoms with Crippen molar-refractivity contribution in [2.75, 3.05) is 6.61 Å². The minimum Gasteiger partial charge on any atom is -0.482 e. The van der Waals surface area contributed by atoms with Crippen molar-refractivity contribution in [2.24, 2.45) is 0 Å². The molecule has 0 aliphatic rings. The zero-order chi connectivity index (χ0) is 15.9. The molecular weight excluding hydrogens is 300 g/mol. The van der Waals surface area contributed by atoms with Gasteiger partial charge in [0.1, 0.15) is 5.75 Å². The third kappa shape index (κ3) is 4.63. The van der Waals surface area contributed by atoms with Crippen LogP contribution in [0, 0.1) is 0 Å². The number of carboxylic acids is 1. The molecule has 0 fully saturated rings. The largest absolute Gasteiger partial charge is 0.482 e. The SMILES string of the molecule is CC(=O)SC(c1ccccc1)c1ccc(OCC(=O)O)cc1. The molecule has 0 heterocycles. The molecule has 22 heavy (non-hydrogen) atoms. The molecular formula is C17H16O4S. The zero-order valence-corrected chi connectivity index (χ0v) is 12.9. The van der Waals surface area contributed by atoms with E-state index >= 15 is 0 Å². The van der Waals surface area contributed by atoms with Gasteiger partial charge in [-0.25, -0.2) is 4.79 Å². The summed E-state index contributed by atoms with van der Waals surface area (Å²) in [5.74, 6) is -0.524. The zero-order valence-electron chi connectivity index (χ0n) is 12.1. The summed E-state index contributed by atoms with van der Waals surface area (Å²) in [5, 5.41) is 8.55. The van der Waals surface area contributed by atoms with Crippen LogP contribution >= 0.6 is 11.8 Å². The van der Waals surface area contributed by atoms with E-state index in [1.54, 1.807) is 19.1 Å². The average Bonchev–Trinajstić information content (AvgIpc) is 2.52. The molecule has 0 bridgehead atoms. The first-order chi connectivity index (χ1) is 10.6. The summed E-state index contributed by atoms with van der Waals surface area (Å²) < 4.78 is 5.12. The highest BCUT2D eigenvalue weighted by Gasteiger charge is 2.17. The Morgan fingerprint density at radius 3 is 2.18 bits per heavy atom. The first-order valence-electron chi connectivity index (χ1n) is 6.73. The van der Waals surface area contributed by atoms with Gasteiger partial charge in [0.2, 0.25) is 0 Å². The molecule has 2 aromatic rings. The molecule has 0 saturated heterocycles. The quantitative estimate of drug-likeness (QED) is 0.883. The third-order valence-corrected chi connectivity index (χ3v) is 4.04. The summed E-state index contributed by atoms with van der Waals surface area (Å²) in [6.45, 7) is 1.18. The Hall–Kier alpha value is -2.27. The maximum absolute atomic E-state index is 11.5. The number of aliphatic carboxylic acids is 1. The van der Waals surface area contributed by atoms with Gasteiger partial charge in [0.25, 0.3) is 0 Å². The van der Waals surface area contributed by atoms with E-state index in [9.17, 15) is 9.59 Å². The standard InChI is InChI=1S/C17H16O4S/c1-12(18)22-17(13-5-3-2-4-6-13)14-7-9-15(10-8-14)21-11-16(19)20/h2-10,17H,11H2,1H3,(H,19,20). The van der Waals surface area contributed by atoms with E-state index in [4.69, 9.17) is 9.84 Å². The lowest BCUT2D eigenvalue weighted by Crippen LogP contribution is -2.09. The second-order valence-corrected chi connectivity index (χ2v) is 5.93. The molecule has 2 rings (SSSR count). The van der Waals surface area contributed by atoms with E-state index in [1.807, 2.05) is 42.5 Å². The fourth-order valence-corrected chi connectivity index (χ4v) is 2.92. The van der Waals surface area contributed by atoms with Crippen LogP contribution in [0.25, 0.3) is 0 Å². The Labute approximate surface area is 133 Å². The lowest BCUT2D eigenvalue weighted by Gasteiger charge is -2.16. The van der Waals surface area contributed by atoms with Gasteiger partial charge in [-0.15, -0.1) is 0 Å². The first kappa shape index (κ1) is 16.1. The third-order valence-electron chi connectivity index (χ3n) is 2.93. The molecule has 2 aromatic carbocycles. The predicted molar refractivity (Wildman–Crippen MR) is 86.1 cm³/mol. The van der Waals surface area contributed by atoms with E-state index in [0.717, 1.165) is 11.1 Å². The summed E-state index contributed by atoms with van der Waals surface area (Å²) in [7, 11) is 0. The van der Waals surface area contributed by atoms with Crippen LogP contribution in [0.3, 0.4) is 0 Å². The number of carbonyl (C=O) groups is 2. The minimum atomic E-state index is -1.02. The smallest absolute Gasteiger partial charge is 0.341 e. The lowest BCUT2D eigenvalue weighted by molar-refractivity contribution is -0.139. The Morgan fingerprint density at radius 1 is 1.05 bits per heavy atom. The first-order valence-corrected chi connectivity index (χ1v) is 7.61. The van der Waals surface area contributed by atoms with Gasteiger partial charge in [0.15, 0.2) is 11.7 Å². The molecule has 0 radical (unpaired) electrons. The van der Waals surface area contributed by atoms with Gasteiger partial charge in [0, 0.05) is 6.92 Å². The number of thioether (sulfide) groups is 1. The molecule has 0 spiro atoms. The van der Waals surface area contributed by atoms with Gasteiger partial charge in [0.05, 0.1) is 5.25 Å². The fraction of sp³-hybridized carbons (Fsp3) is 0.176. The maximum Gasteiger partial charge on any atom is 0.341 e. The van der Waals surface area contributed by atoms with E-state index in [1.165, 1.54) is 11.8 Å². The van der Waals surface area contributed by atoms with E-state index < -0.39 is 5.97 Å². The van der Waals surface area contributed by atoms with Gasteiger partial charge in [-0.2, -0.15) is 0 Å². The Kier molecular flexibility index (Phi) is 5.61. The van der Waals surface area contributed by atoms with Crippen LogP contribution in [0.4, 0.5) is 0 Å². The van der Waals surface area contributed by atoms with Gasteiger partial charge in [-0.3, -0.25) is 4.79 Å². The highest BCUT2D eigenvalue weighted by Crippen LogP contribution is 2.36. The van der Waals surface area contributed by atoms with E-state index in [-0.39, 0.29) is 17.0 Å². The van der Waals surface area contributed by atoms with Crippen molar-refractivity contribution in [1.82, 2.24) is 0 Å². The van der Waals surface area contributed by atoms with Crippen molar-refractivity contribution in [3.63, 3.8) is 0 Å². The maximum atomic E-state index is 11.5. The van der Waals surface area contributed by atoms with Crippen LogP contribution in [0.5, 0.6) is 5.75 Å². The van der Waals surface area contributed by atoms with E-state index in [0.29, 0.717) is 5.75 Å². The monoisotopic (exact) mass is 316 g/mol. The number of benzene rings is 2. The highest BCUT2D eigenvalue weighted by atomic mass is 32.2. The van der Waals surface area contributed by atoms with Crippen LogP contribution in [0.1, 0.15) is 23.3 Å². The molecule has 0 aromatic heterocycles. The second kappa shape index (κ2) is 7.66. The number of carboxylic acid groups (broad SMARTS) is 1. The second-order valence-electron chi connectivity index (χ2n) is 4.65. The van der Waals surface area contributed by atoms with Crippen LogP contribution in [-0.2, 0) is 9.59 Å². The molecule has 0 aliphatic carbocycles. The molecule has 0 aliphatic heterocycles. The van der Waals surface area contributed by atoms with Crippen molar-refractivity contribution in [2.45, 2.75) is 12.2 Å². The number of ether oxygens (including phenoxy) is 1. The van der Waals surface area contributed by atoms with Gasteiger partial charge in [-0.05, 0) is 23.3 Å².